The predicted molar refractivity (Wildman–Crippen MR) is 64.5 cm³/mol. The molecule has 0 bridgehead atoms. The molecule has 1 unspecified atom stereocenters. The van der Waals surface area contributed by atoms with Crippen molar-refractivity contribution in [2.24, 2.45) is 5.92 Å². The van der Waals surface area contributed by atoms with Crippen LogP contribution in [0.5, 0.6) is 0 Å². The molecule has 2 nitrogen and oxygen atoms in total. The third kappa shape index (κ3) is 3.34. The van der Waals surface area contributed by atoms with E-state index in [0.717, 1.165) is 16.9 Å². The van der Waals surface area contributed by atoms with Gasteiger partial charge in [-0.25, -0.2) is 4.98 Å². The summed E-state index contributed by atoms with van der Waals surface area (Å²) in [4.78, 5) is 14.9. The second-order valence-electron chi connectivity index (χ2n) is 4.08. The Morgan fingerprint density at radius 3 is 2.53 bits per heavy atom. The Balaban J connectivity index is 2.82. The molecule has 1 atom stereocenters. The molecule has 15 heavy (non-hydrogen) atoms. The third-order valence-corrected chi connectivity index (χ3v) is 3.99. The van der Waals surface area contributed by atoms with Gasteiger partial charge in [0.15, 0.2) is 6.29 Å². The van der Waals surface area contributed by atoms with Gasteiger partial charge in [-0.15, -0.1) is 11.8 Å². The number of thioether (sulfide) groups is 1. The van der Waals surface area contributed by atoms with Crippen molar-refractivity contribution in [3.05, 3.63) is 23.4 Å². The lowest BCUT2D eigenvalue weighted by Crippen LogP contribution is -2.06. The molecule has 0 saturated carbocycles. The molecule has 1 heterocycles. The van der Waals surface area contributed by atoms with Crippen LogP contribution in [0.3, 0.4) is 0 Å². The third-order valence-electron chi connectivity index (χ3n) is 2.42. The van der Waals surface area contributed by atoms with Crippen molar-refractivity contribution in [3.8, 4) is 0 Å². The summed E-state index contributed by atoms with van der Waals surface area (Å²) in [6.07, 6.45) is 2.47. The standard InChI is InChI=1S/C12H17NOS/c1-8(2)10(4)15-12-9(3)5-11(7-14)6-13-12/h5-8,10H,1-4H3. The first-order chi connectivity index (χ1) is 7.04. The predicted octanol–water partition coefficient (Wildman–Crippen LogP) is 3.34. The Labute approximate surface area is 95.5 Å². The fourth-order valence-electron chi connectivity index (χ4n) is 1.08. The van der Waals surface area contributed by atoms with Crippen LogP contribution in [0.1, 0.15) is 36.7 Å². The van der Waals surface area contributed by atoms with E-state index in [9.17, 15) is 4.79 Å². The smallest absolute Gasteiger partial charge is 0.151 e. The van der Waals surface area contributed by atoms with Gasteiger partial charge in [0.1, 0.15) is 0 Å². The minimum Gasteiger partial charge on any atom is -0.298 e. The summed E-state index contributed by atoms with van der Waals surface area (Å²) in [6.45, 7) is 8.60. The second kappa shape index (κ2) is 5.31. The Morgan fingerprint density at radius 1 is 1.40 bits per heavy atom. The lowest BCUT2D eigenvalue weighted by molar-refractivity contribution is 0.112. The van der Waals surface area contributed by atoms with Gasteiger partial charge in [0, 0.05) is 17.0 Å². The second-order valence-corrected chi connectivity index (χ2v) is 5.44. The van der Waals surface area contributed by atoms with E-state index in [1.165, 1.54) is 0 Å². The number of rotatable bonds is 4. The zero-order chi connectivity index (χ0) is 11.4. The topological polar surface area (TPSA) is 30.0 Å². The van der Waals surface area contributed by atoms with Gasteiger partial charge in [-0.05, 0) is 24.5 Å². The summed E-state index contributed by atoms with van der Waals surface area (Å²) in [5.41, 5.74) is 1.73. The number of carbonyl (C=O) groups excluding carboxylic acids is 1. The number of aldehydes is 1. The fraction of sp³-hybridized carbons (Fsp3) is 0.500. The van der Waals surface area contributed by atoms with E-state index in [0.29, 0.717) is 16.7 Å². The highest BCUT2D eigenvalue weighted by Gasteiger charge is 2.11. The van der Waals surface area contributed by atoms with Crippen molar-refractivity contribution in [3.63, 3.8) is 0 Å². The molecular formula is C12H17NOS. The van der Waals surface area contributed by atoms with Gasteiger partial charge in [0.2, 0.25) is 0 Å². The molecule has 3 heteroatoms. The van der Waals surface area contributed by atoms with E-state index >= 15 is 0 Å². The Morgan fingerprint density at radius 2 is 2.07 bits per heavy atom. The maximum atomic E-state index is 10.6. The Kier molecular flexibility index (Phi) is 4.33. The average Bonchev–Trinajstić information content (AvgIpc) is 2.20. The number of carbonyl (C=O) groups is 1. The highest BCUT2D eigenvalue weighted by molar-refractivity contribution is 7.99. The average molecular weight is 223 g/mol. The number of hydrogen-bond acceptors (Lipinski definition) is 3. The van der Waals surface area contributed by atoms with E-state index < -0.39 is 0 Å². The maximum Gasteiger partial charge on any atom is 0.151 e. The van der Waals surface area contributed by atoms with Crippen LogP contribution in [0.15, 0.2) is 17.3 Å². The molecule has 0 aliphatic carbocycles. The van der Waals surface area contributed by atoms with Crippen LogP contribution in [-0.4, -0.2) is 16.5 Å². The van der Waals surface area contributed by atoms with Crippen molar-refractivity contribution in [2.75, 3.05) is 0 Å². The van der Waals surface area contributed by atoms with Crippen LogP contribution in [0.25, 0.3) is 0 Å². The zero-order valence-electron chi connectivity index (χ0n) is 9.65. The highest BCUT2D eigenvalue weighted by Crippen LogP contribution is 2.28. The number of hydrogen-bond donors (Lipinski definition) is 0. The Bertz CT molecular complexity index is 349. The quantitative estimate of drug-likeness (QED) is 0.579. The summed E-state index contributed by atoms with van der Waals surface area (Å²) in [7, 11) is 0. The first-order valence-electron chi connectivity index (χ1n) is 5.13. The van der Waals surface area contributed by atoms with Crippen LogP contribution in [0, 0.1) is 12.8 Å². The van der Waals surface area contributed by atoms with E-state index in [-0.39, 0.29) is 0 Å². The monoisotopic (exact) mass is 223 g/mol. The molecule has 1 rings (SSSR count). The van der Waals surface area contributed by atoms with E-state index in [1.807, 2.05) is 13.0 Å². The minimum atomic E-state index is 0.540. The molecule has 0 amide bonds. The normalized spacial score (nSPS) is 12.9. The van der Waals surface area contributed by atoms with Crippen molar-refractivity contribution in [1.29, 1.82) is 0 Å². The van der Waals surface area contributed by atoms with Gasteiger partial charge in [-0.2, -0.15) is 0 Å². The summed E-state index contributed by atoms with van der Waals surface area (Å²) < 4.78 is 0. The zero-order valence-corrected chi connectivity index (χ0v) is 10.5. The molecule has 0 aliphatic heterocycles. The van der Waals surface area contributed by atoms with Crippen LogP contribution >= 0.6 is 11.8 Å². The molecule has 0 fully saturated rings. The van der Waals surface area contributed by atoms with Crippen LogP contribution < -0.4 is 0 Å². The molecule has 1 aromatic rings. The summed E-state index contributed by atoms with van der Waals surface area (Å²) in [5.74, 6) is 0.627. The minimum absolute atomic E-state index is 0.540. The maximum absolute atomic E-state index is 10.6. The van der Waals surface area contributed by atoms with Crippen LogP contribution in [0.4, 0.5) is 0 Å². The molecule has 1 aromatic heterocycles. The summed E-state index contributed by atoms with van der Waals surface area (Å²) in [6, 6.07) is 1.88. The lowest BCUT2D eigenvalue weighted by atomic mass is 10.2. The molecule has 0 spiro atoms. The van der Waals surface area contributed by atoms with Crippen LogP contribution in [0.2, 0.25) is 0 Å². The number of aromatic nitrogens is 1. The highest BCUT2D eigenvalue weighted by atomic mass is 32.2. The molecule has 82 valence electrons. The summed E-state index contributed by atoms with van der Waals surface area (Å²) in [5, 5.41) is 1.57. The summed E-state index contributed by atoms with van der Waals surface area (Å²) >= 11 is 1.77. The fourth-order valence-corrected chi connectivity index (χ4v) is 2.07. The SMILES string of the molecule is Cc1cc(C=O)cnc1SC(C)C(C)C. The van der Waals surface area contributed by atoms with Crippen molar-refractivity contribution >= 4 is 18.0 Å². The number of aryl methyl sites for hydroxylation is 1. The first kappa shape index (κ1) is 12.2. The number of pyridine rings is 1. The van der Waals surface area contributed by atoms with E-state index in [1.54, 1.807) is 18.0 Å². The molecular weight excluding hydrogens is 206 g/mol. The molecule has 0 radical (unpaired) electrons. The molecule has 0 N–H and O–H groups in total. The van der Waals surface area contributed by atoms with Gasteiger partial charge >= 0.3 is 0 Å². The number of nitrogens with zero attached hydrogens (tertiary/aromatic N) is 1. The first-order valence-corrected chi connectivity index (χ1v) is 6.01. The van der Waals surface area contributed by atoms with Crippen molar-refractivity contribution in [2.45, 2.75) is 38.0 Å². The van der Waals surface area contributed by atoms with E-state index in [4.69, 9.17) is 0 Å². The van der Waals surface area contributed by atoms with Gasteiger partial charge in [0.25, 0.3) is 0 Å². The van der Waals surface area contributed by atoms with Crippen molar-refractivity contribution in [1.82, 2.24) is 4.98 Å². The molecule has 0 aromatic carbocycles. The van der Waals surface area contributed by atoms with Crippen LogP contribution in [-0.2, 0) is 0 Å². The van der Waals surface area contributed by atoms with Gasteiger partial charge in [-0.1, -0.05) is 20.8 Å². The van der Waals surface area contributed by atoms with Crippen molar-refractivity contribution < 1.29 is 4.79 Å². The molecule has 0 saturated heterocycles. The van der Waals surface area contributed by atoms with E-state index in [2.05, 4.69) is 25.8 Å². The van der Waals surface area contributed by atoms with Gasteiger partial charge in [0.05, 0.1) is 5.03 Å². The van der Waals surface area contributed by atoms with Gasteiger partial charge in [-0.3, -0.25) is 4.79 Å². The Hall–Kier alpha value is -0.830. The molecule has 0 aliphatic rings. The van der Waals surface area contributed by atoms with Gasteiger partial charge < -0.3 is 0 Å². The largest absolute Gasteiger partial charge is 0.298 e. The lowest BCUT2D eigenvalue weighted by Gasteiger charge is -2.15.